The first kappa shape index (κ1) is 19.0. The first-order valence-corrected chi connectivity index (χ1v) is 11.0. The maximum absolute atomic E-state index is 4.72. The molecule has 0 bridgehead atoms. The molecule has 0 saturated carbocycles. The summed E-state index contributed by atoms with van der Waals surface area (Å²) >= 11 is 0. The van der Waals surface area contributed by atoms with Crippen molar-refractivity contribution < 1.29 is 0 Å². The highest BCUT2D eigenvalue weighted by molar-refractivity contribution is 5.94. The third-order valence-electron chi connectivity index (χ3n) is 6.16. The molecule has 1 aliphatic heterocycles. The Labute approximate surface area is 186 Å². The highest BCUT2D eigenvalue weighted by Crippen LogP contribution is 2.30. The van der Waals surface area contributed by atoms with Gasteiger partial charge in [-0.05, 0) is 48.9 Å². The summed E-state index contributed by atoms with van der Waals surface area (Å²) < 4.78 is 2.15. The molecule has 32 heavy (non-hydrogen) atoms. The Balaban J connectivity index is 1.37. The van der Waals surface area contributed by atoms with E-state index in [2.05, 4.69) is 74.3 Å². The van der Waals surface area contributed by atoms with Gasteiger partial charge < -0.3 is 10.2 Å². The van der Waals surface area contributed by atoms with E-state index in [0.29, 0.717) is 0 Å². The lowest BCUT2D eigenvalue weighted by atomic mass is 10.1. The van der Waals surface area contributed by atoms with Gasteiger partial charge in [0.05, 0.1) is 17.4 Å². The van der Waals surface area contributed by atoms with Crippen LogP contribution in [0.1, 0.15) is 5.69 Å². The van der Waals surface area contributed by atoms with Gasteiger partial charge in [-0.3, -0.25) is 9.38 Å². The number of nitrogens with zero attached hydrogens (tertiary/aromatic N) is 5. The second kappa shape index (κ2) is 7.73. The summed E-state index contributed by atoms with van der Waals surface area (Å²) in [6, 6.07) is 18.9. The van der Waals surface area contributed by atoms with E-state index in [1.165, 1.54) is 0 Å². The molecule has 0 radical (unpaired) electrons. The molecule has 158 valence electrons. The fraction of sp³-hybridized carbons (Fsp3) is 0.192. The molecule has 0 amide bonds. The number of nitrogens with one attached hydrogen (secondary N) is 1. The number of benzene rings is 1. The lowest BCUT2D eigenvalue weighted by Gasteiger charge is -2.28. The summed E-state index contributed by atoms with van der Waals surface area (Å²) in [5, 5.41) is 4.52. The maximum atomic E-state index is 4.72. The van der Waals surface area contributed by atoms with E-state index in [0.717, 1.165) is 76.6 Å². The van der Waals surface area contributed by atoms with Crippen LogP contribution in [0.25, 0.3) is 38.9 Å². The van der Waals surface area contributed by atoms with Crippen LogP contribution >= 0.6 is 0 Å². The van der Waals surface area contributed by atoms with Gasteiger partial charge in [-0.2, -0.15) is 0 Å². The van der Waals surface area contributed by atoms with Gasteiger partial charge in [0, 0.05) is 60.8 Å². The van der Waals surface area contributed by atoms with Gasteiger partial charge in [-0.15, -0.1) is 0 Å². The van der Waals surface area contributed by atoms with Crippen LogP contribution in [0.2, 0.25) is 0 Å². The lowest BCUT2D eigenvalue weighted by molar-refractivity contribution is 0.585. The van der Waals surface area contributed by atoms with Crippen molar-refractivity contribution in [1.29, 1.82) is 0 Å². The number of rotatable bonds is 3. The van der Waals surface area contributed by atoms with Crippen molar-refractivity contribution in [3.05, 3.63) is 78.9 Å². The van der Waals surface area contributed by atoms with Gasteiger partial charge in [0.2, 0.25) is 0 Å². The molecule has 1 aromatic carbocycles. The summed E-state index contributed by atoms with van der Waals surface area (Å²) in [5.41, 5.74) is 7.36. The fourth-order valence-corrected chi connectivity index (χ4v) is 4.52. The minimum atomic E-state index is 0.919. The largest absolute Gasteiger partial charge is 0.354 e. The molecule has 0 aliphatic carbocycles. The van der Waals surface area contributed by atoms with Gasteiger partial charge in [-0.1, -0.05) is 18.2 Å². The number of pyridine rings is 3. The number of para-hydroxylation sites is 1. The molecule has 6 rings (SSSR count). The molecule has 1 fully saturated rings. The number of aromatic nitrogens is 4. The Morgan fingerprint density at radius 3 is 2.59 bits per heavy atom. The summed E-state index contributed by atoms with van der Waals surface area (Å²) in [6.45, 7) is 6.05. The molecule has 0 spiro atoms. The molecular weight excluding hydrogens is 396 g/mol. The van der Waals surface area contributed by atoms with E-state index in [1.807, 2.05) is 25.4 Å². The van der Waals surface area contributed by atoms with Crippen LogP contribution in [-0.2, 0) is 0 Å². The van der Waals surface area contributed by atoms with Crippen molar-refractivity contribution in [3.63, 3.8) is 0 Å². The monoisotopic (exact) mass is 420 g/mol. The quantitative estimate of drug-likeness (QED) is 0.471. The zero-order valence-corrected chi connectivity index (χ0v) is 18.0. The SMILES string of the molecule is Cc1cc(-c2cnc3cc(-c4ccc(N5CCNCC5)nc4)ccn23)c2ccccc2n1. The molecular formula is C26H24N6. The predicted octanol–water partition coefficient (Wildman–Crippen LogP) is 4.33. The molecule has 1 aliphatic rings. The molecule has 6 nitrogen and oxygen atoms in total. The summed E-state index contributed by atoms with van der Waals surface area (Å²) in [5.74, 6) is 1.04. The lowest BCUT2D eigenvalue weighted by Crippen LogP contribution is -2.43. The Bertz CT molecular complexity index is 1410. The molecule has 6 heteroatoms. The van der Waals surface area contributed by atoms with Crippen molar-refractivity contribution in [3.8, 4) is 22.4 Å². The topological polar surface area (TPSA) is 58.4 Å². The first-order valence-electron chi connectivity index (χ1n) is 11.0. The smallest absolute Gasteiger partial charge is 0.137 e. The van der Waals surface area contributed by atoms with E-state index < -0.39 is 0 Å². The van der Waals surface area contributed by atoms with Crippen LogP contribution in [0.3, 0.4) is 0 Å². The highest BCUT2D eigenvalue weighted by atomic mass is 15.2. The van der Waals surface area contributed by atoms with Crippen LogP contribution in [0.5, 0.6) is 0 Å². The van der Waals surface area contributed by atoms with Crippen LogP contribution in [0.15, 0.2) is 73.2 Å². The van der Waals surface area contributed by atoms with Gasteiger partial charge in [0.15, 0.2) is 0 Å². The number of anilines is 1. The fourth-order valence-electron chi connectivity index (χ4n) is 4.52. The average molecular weight is 421 g/mol. The Morgan fingerprint density at radius 2 is 1.75 bits per heavy atom. The molecule has 1 N–H and O–H groups in total. The summed E-state index contributed by atoms with van der Waals surface area (Å²) in [4.78, 5) is 16.4. The van der Waals surface area contributed by atoms with Crippen LogP contribution in [0, 0.1) is 6.92 Å². The second-order valence-electron chi connectivity index (χ2n) is 8.26. The van der Waals surface area contributed by atoms with E-state index in [-0.39, 0.29) is 0 Å². The third-order valence-corrected chi connectivity index (χ3v) is 6.16. The Morgan fingerprint density at radius 1 is 0.875 bits per heavy atom. The third kappa shape index (κ3) is 3.29. The van der Waals surface area contributed by atoms with Crippen LogP contribution < -0.4 is 10.2 Å². The van der Waals surface area contributed by atoms with Crippen molar-refractivity contribution in [1.82, 2.24) is 24.7 Å². The van der Waals surface area contributed by atoms with E-state index in [9.17, 15) is 0 Å². The summed E-state index contributed by atoms with van der Waals surface area (Å²) in [6.07, 6.45) is 6.01. The molecule has 1 saturated heterocycles. The molecule has 0 atom stereocenters. The molecule has 5 aromatic rings. The van der Waals surface area contributed by atoms with Crippen molar-refractivity contribution >= 4 is 22.4 Å². The van der Waals surface area contributed by atoms with Crippen molar-refractivity contribution in [2.45, 2.75) is 6.92 Å². The number of hydrogen-bond acceptors (Lipinski definition) is 5. The minimum Gasteiger partial charge on any atom is -0.354 e. The van der Waals surface area contributed by atoms with Gasteiger partial charge >= 0.3 is 0 Å². The highest BCUT2D eigenvalue weighted by Gasteiger charge is 2.14. The minimum absolute atomic E-state index is 0.919. The number of imidazole rings is 1. The van der Waals surface area contributed by atoms with E-state index in [1.54, 1.807) is 0 Å². The molecule has 5 heterocycles. The maximum Gasteiger partial charge on any atom is 0.137 e. The Hall–Kier alpha value is -3.77. The molecule has 0 unspecified atom stereocenters. The zero-order valence-electron chi connectivity index (χ0n) is 18.0. The Kier molecular flexibility index (Phi) is 4.58. The zero-order chi connectivity index (χ0) is 21.5. The number of piperazine rings is 1. The number of aryl methyl sites for hydroxylation is 1. The van der Waals surface area contributed by atoms with Crippen LogP contribution in [-0.4, -0.2) is 45.5 Å². The van der Waals surface area contributed by atoms with Crippen molar-refractivity contribution in [2.75, 3.05) is 31.1 Å². The van der Waals surface area contributed by atoms with Crippen molar-refractivity contribution in [2.24, 2.45) is 0 Å². The number of hydrogen-bond donors (Lipinski definition) is 1. The van der Waals surface area contributed by atoms with Gasteiger partial charge in [0.25, 0.3) is 0 Å². The van der Waals surface area contributed by atoms with Gasteiger partial charge in [0.1, 0.15) is 11.5 Å². The van der Waals surface area contributed by atoms with Crippen LogP contribution in [0.4, 0.5) is 5.82 Å². The van der Waals surface area contributed by atoms with E-state index in [4.69, 9.17) is 9.97 Å². The molecule has 4 aromatic heterocycles. The first-order chi connectivity index (χ1) is 15.8. The van der Waals surface area contributed by atoms with E-state index >= 15 is 0 Å². The van der Waals surface area contributed by atoms with Gasteiger partial charge in [-0.25, -0.2) is 9.97 Å². The normalized spacial score (nSPS) is 14.3. The second-order valence-corrected chi connectivity index (χ2v) is 8.26. The standard InChI is InChI=1S/C26H24N6/c1-18-14-22(21-4-2-3-5-23(21)30-18)24-17-29-26-15-19(8-11-32(24)26)20-6-7-25(28-16-20)31-12-9-27-10-13-31/h2-8,11,14-17,27H,9-10,12-13H2,1H3. The average Bonchev–Trinajstić information content (AvgIpc) is 3.27. The predicted molar refractivity (Wildman–Crippen MR) is 129 cm³/mol. The summed E-state index contributed by atoms with van der Waals surface area (Å²) in [7, 11) is 0. The number of fused-ring (bicyclic) bond motifs is 2.